The molecule has 3 aromatic carbocycles. The SMILES string of the molecule is C=C(N[C@@H](Cc1ccc(N2C(=O)N(C)c3cc(NCC)ccc3C2=C2CC2)cc1)C(=O)O)c1c(Cl)cccc1Cl. The van der Waals surface area contributed by atoms with Gasteiger partial charge < -0.3 is 15.7 Å². The van der Waals surface area contributed by atoms with Crippen LogP contribution in [0.4, 0.5) is 21.9 Å². The van der Waals surface area contributed by atoms with Crippen LogP contribution in [0.1, 0.15) is 36.5 Å². The number of aliphatic carboxylic acids is 1. The number of rotatable bonds is 9. The van der Waals surface area contributed by atoms with E-state index in [1.54, 1.807) is 35.0 Å². The lowest BCUT2D eigenvalue weighted by molar-refractivity contribution is -0.139. The number of carboxylic acids is 1. The molecule has 0 spiro atoms. The van der Waals surface area contributed by atoms with Gasteiger partial charge in [0.2, 0.25) is 0 Å². The average molecular weight is 578 g/mol. The van der Waals surface area contributed by atoms with Crippen LogP contribution in [-0.2, 0) is 11.2 Å². The zero-order valence-corrected chi connectivity index (χ0v) is 23.8. The van der Waals surface area contributed by atoms with Crippen LogP contribution < -0.4 is 20.4 Å². The Morgan fingerprint density at radius 1 is 1.07 bits per heavy atom. The molecule has 2 amide bonds. The average Bonchev–Trinajstić information content (AvgIpc) is 3.76. The second-order valence-electron chi connectivity index (χ2n) is 9.87. The summed E-state index contributed by atoms with van der Waals surface area (Å²) in [5, 5.41) is 16.9. The molecule has 3 aromatic rings. The molecule has 1 fully saturated rings. The molecule has 40 heavy (non-hydrogen) atoms. The van der Waals surface area contributed by atoms with Gasteiger partial charge in [0, 0.05) is 42.5 Å². The Morgan fingerprint density at radius 2 is 1.75 bits per heavy atom. The lowest BCUT2D eigenvalue weighted by Gasteiger charge is -2.37. The molecule has 0 aromatic heterocycles. The van der Waals surface area contributed by atoms with Gasteiger partial charge in [-0.05, 0) is 73.4 Å². The molecule has 1 aliphatic carbocycles. The summed E-state index contributed by atoms with van der Waals surface area (Å²) >= 11 is 12.6. The highest BCUT2D eigenvalue weighted by Crippen LogP contribution is 2.46. The monoisotopic (exact) mass is 576 g/mol. The van der Waals surface area contributed by atoms with Crippen molar-refractivity contribution >= 4 is 63.7 Å². The fourth-order valence-corrected chi connectivity index (χ4v) is 5.59. The van der Waals surface area contributed by atoms with Gasteiger partial charge in [0.15, 0.2) is 0 Å². The quantitative estimate of drug-likeness (QED) is 0.249. The van der Waals surface area contributed by atoms with Gasteiger partial charge in [0.05, 0.1) is 27.1 Å². The molecule has 1 aliphatic heterocycles. The third-order valence-electron chi connectivity index (χ3n) is 7.08. The number of urea groups is 1. The van der Waals surface area contributed by atoms with Crippen molar-refractivity contribution in [1.29, 1.82) is 0 Å². The number of halogens is 2. The maximum Gasteiger partial charge on any atom is 0.333 e. The van der Waals surface area contributed by atoms with Crippen molar-refractivity contribution < 1.29 is 14.7 Å². The van der Waals surface area contributed by atoms with Crippen molar-refractivity contribution in [3.05, 3.63) is 99.6 Å². The number of carbonyl (C=O) groups excluding carboxylic acids is 1. The van der Waals surface area contributed by atoms with E-state index in [0.29, 0.717) is 21.3 Å². The number of benzene rings is 3. The minimum absolute atomic E-state index is 0.138. The Balaban J connectivity index is 1.39. The van der Waals surface area contributed by atoms with Crippen molar-refractivity contribution in [2.45, 2.75) is 32.2 Å². The fraction of sp³-hybridized carbons (Fsp3) is 0.226. The molecule has 5 rings (SSSR count). The van der Waals surface area contributed by atoms with Crippen LogP contribution in [0.3, 0.4) is 0 Å². The molecule has 9 heteroatoms. The van der Waals surface area contributed by atoms with Crippen molar-refractivity contribution in [2.75, 3.05) is 28.7 Å². The fourth-order valence-electron chi connectivity index (χ4n) is 4.97. The second-order valence-corrected chi connectivity index (χ2v) is 10.7. The maximum atomic E-state index is 13.6. The van der Waals surface area contributed by atoms with E-state index in [4.69, 9.17) is 23.2 Å². The molecule has 2 aliphatic rings. The normalized spacial score (nSPS) is 15.1. The highest BCUT2D eigenvalue weighted by atomic mass is 35.5. The van der Waals surface area contributed by atoms with E-state index >= 15 is 0 Å². The van der Waals surface area contributed by atoms with E-state index in [1.807, 2.05) is 43.3 Å². The summed E-state index contributed by atoms with van der Waals surface area (Å²) in [5.74, 6) is -1.03. The second kappa shape index (κ2) is 11.3. The minimum atomic E-state index is -1.03. The van der Waals surface area contributed by atoms with E-state index in [2.05, 4.69) is 23.3 Å². The minimum Gasteiger partial charge on any atom is -0.480 e. The molecule has 0 radical (unpaired) electrons. The number of amides is 2. The summed E-state index contributed by atoms with van der Waals surface area (Å²) in [6.07, 6.45) is 2.11. The van der Waals surface area contributed by atoms with Crippen LogP contribution >= 0.6 is 23.2 Å². The summed E-state index contributed by atoms with van der Waals surface area (Å²) in [4.78, 5) is 29.2. The Labute approximate surface area is 243 Å². The number of anilines is 3. The number of carbonyl (C=O) groups is 2. The summed E-state index contributed by atoms with van der Waals surface area (Å²) in [7, 11) is 1.79. The third kappa shape index (κ3) is 5.40. The topological polar surface area (TPSA) is 84.9 Å². The van der Waals surface area contributed by atoms with E-state index in [-0.39, 0.29) is 12.5 Å². The summed E-state index contributed by atoms with van der Waals surface area (Å²) in [6, 6.07) is 17.5. The van der Waals surface area contributed by atoms with Gasteiger partial charge in [-0.15, -0.1) is 0 Å². The lowest BCUT2D eigenvalue weighted by atomic mass is 10.0. The molecule has 0 bridgehead atoms. The first-order valence-electron chi connectivity index (χ1n) is 13.1. The Bertz CT molecular complexity index is 1510. The molecular formula is C31H30Cl2N4O3. The van der Waals surface area contributed by atoms with Crippen LogP contribution in [0.5, 0.6) is 0 Å². The number of nitrogens with zero attached hydrogens (tertiary/aromatic N) is 2. The van der Waals surface area contributed by atoms with Crippen molar-refractivity contribution in [3.8, 4) is 0 Å². The standard InChI is InChI=1S/C31H30Cl2N4O3/c1-4-34-21-12-15-23-27(17-21)36(3)31(40)37(29(23)20-10-11-20)22-13-8-19(9-14-22)16-26(30(38)39)35-18(2)28-24(32)6-5-7-25(28)33/h5-9,12-15,17,26,34-35H,2,4,10-11,16H2,1,3H3,(H,38,39)/t26-/m0/s1. The van der Waals surface area contributed by atoms with Crippen LogP contribution in [0.25, 0.3) is 11.4 Å². The first-order valence-corrected chi connectivity index (χ1v) is 13.8. The van der Waals surface area contributed by atoms with E-state index < -0.39 is 12.0 Å². The number of nitrogens with one attached hydrogen (secondary N) is 2. The summed E-state index contributed by atoms with van der Waals surface area (Å²) in [5.41, 5.74) is 7.37. The van der Waals surface area contributed by atoms with E-state index in [9.17, 15) is 14.7 Å². The molecule has 3 N–H and O–H groups in total. The van der Waals surface area contributed by atoms with Gasteiger partial charge >= 0.3 is 12.0 Å². The molecule has 7 nitrogen and oxygen atoms in total. The Kier molecular flexibility index (Phi) is 7.79. The van der Waals surface area contributed by atoms with Crippen LogP contribution in [0.2, 0.25) is 10.0 Å². The van der Waals surface area contributed by atoms with E-state index in [0.717, 1.165) is 53.3 Å². The van der Waals surface area contributed by atoms with Crippen LogP contribution in [0, 0.1) is 0 Å². The van der Waals surface area contributed by atoms with Gasteiger partial charge in [-0.3, -0.25) is 9.80 Å². The predicted molar refractivity (Wildman–Crippen MR) is 163 cm³/mol. The predicted octanol–water partition coefficient (Wildman–Crippen LogP) is 7.26. The number of hydrogen-bond acceptors (Lipinski definition) is 4. The first kappa shape index (κ1) is 27.6. The van der Waals surface area contributed by atoms with Crippen LogP contribution in [-0.4, -0.2) is 36.7 Å². The Morgan fingerprint density at radius 3 is 2.35 bits per heavy atom. The molecule has 1 heterocycles. The number of hydrogen-bond donors (Lipinski definition) is 3. The van der Waals surface area contributed by atoms with Gasteiger partial charge in [-0.25, -0.2) is 9.59 Å². The highest BCUT2D eigenvalue weighted by molar-refractivity contribution is 6.37. The van der Waals surface area contributed by atoms with Crippen molar-refractivity contribution in [2.24, 2.45) is 0 Å². The number of carboxylic acid groups (broad SMARTS) is 1. The zero-order valence-electron chi connectivity index (χ0n) is 22.3. The smallest absolute Gasteiger partial charge is 0.333 e. The molecule has 0 saturated heterocycles. The highest BCUT2D eigenvalue weighted by Gasteiger charge is 2.37. The van der Waals surface area contributed by atoms with E-state index in [1.165, 1.54) is 5.57 Å². The molecule has 206 valence electrons. The van der Waals surface area contributed by atoms with Crippen molar-refractivity contribution in [1.82, 2.24) is 5.32 Å². The van der Waals surface area contributed by atoms with Gasteiger partial charge in [0.25, 0.3) is 0 Å². The van der Waals surface area contributed by atoms with Crippen molar-refractivity contribution in [3.63, 3.8) is 0 Å². The lowest BCUT2D eigenvalue weighted by Crippen LogP contribution is -2.44. The zero-order chi connectivity index (χ0) is 28.6. The maximum absolute atomic E-state index is 13.6. The van der Waals surface area contributed by atoms with Gasteiger partial charge in [0.1, 0.15) is 6.04 Å². The van der Waals surface area contributed by atoms with Crippen LogP contribution in [0.15, 0.2) is 72.8 Å². The third-order valence-corrected chi connectivity index (χ3v) is 7.71. The molecule has 1 saturated carbocycles. The van der Waals surface area contributed by atoms with Gasteiger partial charge in [-0.2, -0.15) is 0 Å². The number of fused-ring (bicyclic) bond motifs is 1. The summed E-state index contributed by atoms with van der Waals surface area (Å²) < 4.78 is 0. The Hall–Kier alpha value is -3.94. The summed E-state index contributed by atoms with van der Waals surface area (Å²) in [6.45, 7) is 6.80. The largest absolute Gasteiger partial charge is 0.480 e. The molecular weight excluding hydrogens is 547 g/mol. The number of allylic oxidation sites excluding steroid dienone is 1. The first-order chi connectivity index (χ1) is 19.2. The molecule has 0 unspecified atom stereocenters. The molecule has 1 atom stereocenters. The van der Waals surface area contributed by atoms with Gasteiger partial charge in [-0.1, -0.05) is 48.0 Å².